The maximum Gasteiger partial charge on any atom is 0.307 e. The van der Waals surface area contributed by atoms with Crippen molar-refractivity contribution in [2.45, 2.75) is 65.6 Å². The van der Waals surface area contributed by atoms with Crippen molar-refractivity contribution in [1.29, 1.82) is 0 Å². The number of carbonyl (C=O) groups is 1. The Hall–Kier alpha value is -1.22. The van der Waals surface area contributed by atoms with E-state index < -0.39 is 0 Å². The number of benzene rings is 1. The Morgan fingerprint density at radius 2 is 1.68 bits per heavy atom. The Kier molecular flexibility index (Phi) is 7.21. The van der Waals surface area contributed by atoms with Gasteiger partial charge in [0.1, 0.15) is 5.76 Å². The Labute approximate surface area is 139 Å². The monoisotopic (exact) mass is 320 g/mol. The van der Waals surface area contributed by atoms with E-state index in [0.29, 0.717) is 0 Å². The highest BCUT2D eigenvalue weighted by atomic mass is 32.2. The summed E-state index contributed by atoms with van der Waals surface area (Å²) in [6.45, 7) is 12.2. The van der Waals surface area contributed by atoms with Gasteiger partial charge < -0.3 is 4.74 Å². The van der Waals surface area contributed by atoms with E-state index >= 15 is 0 Å². The summed E-state index contributed by atoms with van der Waals surface area (Å²) in [5.74, 6) is 1.47. The molecule has 1 rings (SSSR count). The van der Waals surface area contributed by atoms with Crippen LogP contribution in [0.1, 0.15) is 65.5 Å². The lowest BCUT2D eigenvalue weighted by Gasteiger charge is -2.19. The van der Waals surface area contributed by atoms with Crippen LogP contribution in [0.4, 0.5) is 0 Å². The zero-order chi connectivity index (χ0) is 16.8. The minimum atomic E-state index is -0.238. The summed E-state index contributed by atoms with van der Waals surface area (Å²) in [6.07, 6.45) is 1.64. The summed E-state index contributed by atoms with van der Waals surface area (Å²) in [4.78, 5) is 12.3. The summed E-state index contributed by atoms with van der Waals surface area (Å²) >= 11 is 1.77. The van der Waals surface area contributed by atoms with Crippen LogP contribution in [-0.2, 0) is 20.7 Å². The zero-order valence-electron chi connectivity index (χ0n) is 14.7. The molecule has 0 aromatic heterocycles. The second kappa shape index (κ2) is 8.42. The maximum absolute atomic E-state index is 11.2. The quantitative estimate of drug-likeness (QED) is 0.488. The molecule has 0 aliphatic heterocycles. The molecule has 0 amide bonds. The number of hydrogen-bond acceptors (Lipinski definition) is 3. The van der Waals surface area contributed by atoms with Crippen LogP contribution in [0.25, 0.3) is 0 Å². The van der Waals surface area contributed by atoms with Gasteiger partial charge in [0.05, 0.1) is 0 Å². The first-order chi connectivity index (χ1) is 10.3. The zero-order valence-corrected chi connectivity index (χ0v) is 15.5. The van der Waals surface area contributed by atoms with Crippen molar-refractivity contribution in [2.75, 3.05) is 0 Å². The maximum atomic E-state index is 11.2. The van der Waals surface area contributed by atoms with Gasteiger partial charge in [-0.2, -0.15) is 0 Å². The van der Waals surface area contributed by atoms with Crippen molar-refractivity contribution in [3.8, 4) is 0 Å². The first-order valence-electron chi connectivity index (χ1n) is 7.90. The minimum absolute atomic E-state index is 0.185. The molecule has 0 heterocycles. The Bertz CT molecular complexity index is 521. The number of rotatable bonds is 6. The second-order valence-corrected chi connectivity index (χ2v) is 7.45. The van der Waals surface area contributed by atoms with Crippen LogP contribution in [0, 0.1) is 0 Å². The molecule has 0 aliphatic rings. The highest BCUT2D eigenvalue weighted by Crippen LogP contribution is 2.30. The molecule has 22 heavy (non-hydrogen) atoms. The molecule has 2 nitrogen and oxygen atoms in total. The van der Waals surface area contributed by atoms with E-state index in [2.05, 4.69) is 52.0 Å². The smallest absolute Gasteiger partial charge is 0.307 e. The van der Waals surface area contributed by atoms with Crippen molar-refractivity contribution in [1.82, 2.24) is 0 Å². The molecule has 0 atom stereocenters. The number of carbonyl (C=O) groups excluding carboxylic acids is 1. The SMILES string of the molecule is CC/C(OC(C)=O)=C(/CC)SCc1ccc(C(C)(C)C)cc1. The van der Waals surface area contributed by atoms with E-state index in [9.17, 15) is 4.79 Å². The summed E-state index contributed by atoms with van der Waals surface area (Å²) in [7, 11) is 0. The van der Waals surface area contributed by atoms with Gasteiger partial charge in [-0.05, 0) is 23.0 Å². The highest BCUT2D eigenvalue weighted by Gasteiger charge is 2.13. The van der Waals surface area contributed by atoms with E-state index in [1.54, 1.807) is 11.8 Å². The number of thioether (sulfide) groups is 1. The molecule has 0 bridgehead atoms. The fourth-order valence-corrected chi connectivity index (χ4v) is 3.24. The molecule has 0 fully saturated rings. The molecular formula is C19H28O2S. The lowest BCUT2D eigenvalue weighted by molar-refractivity contribution is -0.137. The van der Waals surface area contributed by atoms with Crippen molar-refractivity contribution in [3.63, 3.8) is 0 Å². The second-order valence-electron chi connectivity index (χ2n) is 6.38. The molecule has 0 saturated carbocycles. The third-order valence-corrected chi connectivity index (χ3v) is 4.80. The third-order valence-electron chi connectivity index (χ3n) is 3.45. The fourth-order valence-electron chi connectivity index (χ4n) is 2.15. The van der Waals surface area contributed by atoms with Crippen LogP contribution in [0.5, 0.6) is 0 Å². The summed E-state index contributed by atoms with van der Waals surface area (Å²) in [6, 6.07) is 8.80. The van der Waals surface area contributed by atoms with Crippen LogP contribution >= 0.6 is 11.8 Å². The van der Waals surface area contributed by atoms with Gasteiger partial charge in [-0.15, -0.1) is 11.8 Å². The molecule has 0 radical (unpaired) electrons. The average molecular weight is 320 g/mol. The predicted octanol–water partition coefficient (Wildman–Crippen LogP) is 5.81. The Morgan fingerprint density at radius 3 is 2.09 bits per heavy atom. The molecule has 0 N–H and O–H groups in total. The normalized spacial score (nSPS) is 12.8. The van der Waals surface area contributed by atoms with Crippen LogP contribution in [0.3, 0.4) is 0 Å². The van der Waals surface area contributed by atoms with E-state index in [1.165, 1.54) is 18.1 Å². The van der Waals surface area contributed by atoms with E-state index in [-0.39, 0.29) is 11.4 Å². The van der Waals surface area contributed by atoms with Gasteiger partial charge >= 0.3 is 5.97 Å². The molecule has 3 heteroatoms. The molecule has 0 spiro atoms. The molecule has 0 unspecified atom stereocenters. The summed E-state index contributed by atoms with van der Waals surface area (Å²) in [5.41, 5.74) is 2.83. The molecule has 1 aromatic carbocycles. The number of esters is 1. The van der Waals surface area contributed by atoms with E-state index in [1.807, 2.05) is 6.92 Å². The van der Waals surface area contributed by atoms with Crippen molar-refractivity contribution < 1.29 is 9.53 Å². The summed E-state index contributed by atoms with van der Waals surface area (Å²) < 4.78 is 5.32. The molecule has 1 aromatic rings. The average Bonchev–Trinajstić information content (AvgIpc) is 2.45. The van der Waals surface area contributed by atoms with Crippen molar-refractivity contribution in [3.05, 3.63) is 46.1 Å². The van der Waals surface area contributed by atoms with Crippen molar-refractivity contribution >= 4 is 17.7 Å². The minimum Gasteiger partial charge on any atom is -0.430 e. The lowest BCUT2D eigenvalue weighted by Crippen LogP contribution is -2.10. The number of allylic oxidation sites excluding steroid dienone is 2. The third kappa shape index (κ3) is 5.88. The molecule has 0 saturated heterocycles. The van der Waals surface area contributed by atoms with Crippen molar-refractivity contribution in [2.24, 2.45) is 0 Å². The first-order valence-corrected chi connectivity index (χ1v) is 8.89. The first kappa shape index (κ1) is 18.8. The lowest BCUT2D eigenvalue weighted by atomic mass is 9.87. The largest absolute Gasteiger partial charge is 0.430 e. The molecule has 0 aliphatic carbocycles. The molecule has 122 valence electrons. The van der Waals surface area contributed by atoms with Gasteiger partial charge in [-0.3, -0.25) is 4.79 Å². The van der Waals surface area contributed by atoms with Gasteiger partial charge in [-0.1, -0.05) is 58.9 Å². The van der Waals surface area contributed by atoms with Crippen LogP contribution in [0.15, 0.2) is 34.9 Å². The number of hydrogen-bond donors (Lipinski definition) is 0. The standard InChI is InChI=1S/C19H28O2S/c1-7-17(21-14(3)20)18(8-2)22-13-15-9-11-16(12-10-15)19(4,5)6/h9-12H,7-8,13H2,1-6H3/b18-17+. The molecular weight excluding hydrogens is 292 g/mol. The number of ether oxygens (including phenoxy) is 1. The Balaban J connectivity index is 2.78. The Morgan fingerprint density at radius 1 is 1.09 bits per heavy atom. The van der Waals surface area contributed by atoms with Gasteiger partial charge in [0, 0.05) is 24.0 Å². The van der Waals surface area contributed by atoms with Gasteiger partial charge in [0.15, 0.2) is 0 Å². The highest BCUT2D eigenvalue weighted by molar-refractivity contribution is 8.02. The van der Waals surface area contributed by atoms with Crippen LogP contribution in [0.2, 0.25) is 0 Å². The predicted molar refractivity (Wildman–Crippen MR) is 95.8 cm³/mol. The van der Waals surface area contributed by atoms with Crippen LogP contribution in [-0.4, -0.2) is 5.97 Å². The van der Waals surface area contributed by atoms with Gasteiger partial charge in [-0.25, -0.2) is 0 Å². The van der Waals surface area contributed by atoms with Gasteiger partial charge in [0.2, 0.25) is 0 Å². The van der Waals surface area contributed by atoms with Crippen LogP contribution < -0.4 is 0 Å². The van der Waals surface area contributed by atoms with Gasteiger partial charge in [0.25, 0.3) is 0 Å². The fraction of sp³-hybridized carbons (Fsp3) is 0.526. The summed E-state index contributed by atoms with van der Waals surface area (Å²) in [5, 5.41) is 0. The van der Waals surface area contributed by atoms with E-state index in [0.717, 1.165) is 29.3 Å². The van der Waals surface area contributed by atoms with E-state index in [4.69, 9.17) is 4.74 Å². The topological polar surface area (TPSA) is 26.3 Å².